The molecule has 1 rings (SSSR count). The van der Waals surface area contributed by atoms with Crippen molar-refractivity contribution in [3.8, 4) is 0 Å². The van der Waals surface area contributed by atoms with E-state index in [-0.39, 0.29) is 11.8 Å². The molecule has 0 bridgehead atoms. The molecule has 5 heteroatoms. The monoisotopic (exact) mass is 256 g/mol. The van der Waals surface area contributed by atoms with Crippen LogP contribution in [0.2, 0.25) is 0 Å². The molecule has 1 atom stereocenters. The highest BCUT2D eigenvalue weighted by Crippen LogP contribution is 2.15. The Balaban J connectivity index is 2.21. The zero-order chi connectivity index (χ0) is 13.4. The minimum Gasteiger partial charge on any atom is -0.385 e. The van der Waals surface area contributed by atoms with Gasteiger partial charge in [0.05, 0.1) is 6.54 Å². The number of ether oxygens (including phenoxy) is 1. The van der Waals surface area contributed by atoms with Crippen LogP contribution in [0.1, 0.15) is 26.2 Å². The predicted molar refractivity (Wildman–Crippen MR) is 69.3 cm³/mol. The van der Waals surface area contributed by atoms with E-state index in [0.29, 0.717) is 38.4 Å². The maximum absolute atomic E-state index is 11.7. The quantitative estimate of drug-likeness (QED) is 0.672. The molecule has 1 aliphatic heterocycles. The number of carbonyl (C=O) groups excluding carboxylic acids is 2. The average molecular weight is 256 g/mol. The lowest BCUT2D eigenvalue weighted by Crippen LogP contribution is -2.45. The molecule has 1 N–H and O–H groups in total. The summed E-state index contributed by atoms with van der Waals surface area (Å²) in [6.07, 6.45) is 2.28. The number of methoxy groups -OCH3 is 1. The van der Waals surface area contributed by atoms with Gasteiger partial charge in [-0.3, -0.25) is 14.5 Å². The third-order valence-electron chi connectivity index (χ3n) is 3.32. The fraction of sp³-hybridized carbons (Fsp3) is 0.846. The van der Waals surface area contributed by atoms with E-state index in [1.54, 1.807) is 7.11 Å². The molecule has 1 amide bonds. The van der Waals surface area contributed by atoms with Crippen LogP contribution >= 0.6 is 0 Å². The van der Waals surface area contributed by atoms with Crippen molar-refractivity contribution in [3.63, 3.8) is 0 Å². The van der Waals surface area contributed by atoms with Gasteiger partial charge >= 0.3 is 0 Å². The number of piperidine rings is 1. The molecule has 0 aromatic rings. The van der Waals surface area contributed by atoms with E-state index in [9.17, 15) is 9.59 Å². The van der Waals surface area contributed by atoms with Crippen molar-refractivity contribution in [1.82, 2.24) is 10.2 Å². The van der Waals surface area contributed by atoms with E-state index in [4.69, 9.17) is 4.74 Å². The molecule has 1 fully saturated rings. The van der Waals surface area contributed by atoms with Gasteiger partial charge in [0.2, 0.25) is 5.91 Å². The lowest BCUT2D eigenvalue weighted by Gasteiger charge is -2.30. The van der Waals surface area contributed by atoms with E-state index in [0.717, 1.165) is 19.4 Å². The molecular weight excluding hydrogens is 232 g/mol. The van der Waals surface area contributed by atoms with Crippen molar-refractivity contribution < 1.29 is 14.3 Å². The van der Waals surface area contributed by atoms with E-state index >= 15 is 0 Å². The zero-order valence-electron chi connectivity index (χ0n) is 11.4. The lowest BCUT2D eigenvalue weighted by atomic mass is 9.94. The number of nitrogens with zero attached hydrogens (tertiary/aromatic N) is 1. The van der Waals surface area contributed by atoms with Crippen LogP contribution in [-0.4, -0.2) is 56.5 Å². The molecule has 0 spiro atoms. The van der Waals surface area contributed by atoms with Crippen LogP contribution in [0.5, 0.6) is 0 Å². The number of hydrogen-bond donors (Lipinski definition) is 1. The number of rotatable bonds is 7. The van der Waals surface area contributed by atoms with E-state index in [1.807, 2.05) is 6.92 Å². The highest BCUT2D eigenvalue weighted by Gasteiger charge is 2.26. The summed E-state index contributed by atoms with van der Waals surface area (Å²) >= 11 is 0. The van der Waals surface area contributed by atoms with E-state index < -0.39 is 0 Å². The zero-order valence-corrected chi connectivity index (χ0v) is 11.4. The standard InChI is InChI=1S/C13H24N2O3/c1-3-11-9-15(7-5-12(11)16)10-13(17)14-6-4-8-18-2/h11H,3-10H2,1-2H3,(H,14,17). The first-order valence-corrected chi connectivity index (χ1v) is 6.68. The van der Waals surface area contributed by atoms with Crippen LogP contribution < -0.4 is 5.32 Å². The summed E-state index contributed by atoms with van der Waals surface area (Å²) < 4.78 is 4.91. The molecule has 1 unspecified atom stereocenters. The normalized spacial score (nSPS) is 21.0. The molecule has 1 aliphatic rings. The summed E-state index contributed by atoms with van der Waals surface area (Å²) in [5.41, 5.74) is 0. The SMILES string of the molecule is CCC1CN(CC(=O)NCCCOC)CCC1=O. The molecule has 104 valence electrons. The van der Waals surface area contributed by atoms with Crippen LogP contribution in [-0.2, 0) is 14.3 Å². The third-order valence-corrected chi connectivity index (χ3v) is 3.32. The number of nitrogens with one attached hydrogen (secondary N) is 1. The largest absolute Gasteiger partial charge is 0.385 e. The van der Waals surface area contributed by atoms with Crippen LogP contribution in [0.25, 0.3) is 0 Å². The van der Waals surface area contributed by atoms with Gasteiger partial charge in [0.15, 0.2) is 0 Å². The van der Waals surface area contributed by atoms with Gasteiger partial charge < -0.3 is 10.1 Å². The lowest BCUT2D eigenvalue weighted by molar-refractivity contribution is -0.129. The Morgan fingerprint density at radius 3 is 3.00 bits per heavy atom. The summed E-state index contributed by atoms with van der Waals surface area (Å²) in [5.74, 6) is 0.490. The van der Waals surface area contributed by atoms with Crippen molar-refractivity contribution in [1.29, 1.82) is 0 Å². The first-order valence-electron chi connectivity index (χ1n) is 6.68. The van der Waals surface area contributed by atoms with Crippen LogP contribution in [0.3, 0.4) is 0 Å². The second-order valence-corrected chi connectivity index (χ2v) is 4.75. The van der Waals surface area contributed by atoms with Crippen LogP contribution in [0.4, 0.5) is 0 Å². The summed E-state index contributed by atoms with van der Waals surface area (Å²) in [5, 5.41) is 2.86. The second-order valence-electron chi connectivity index (χ2n) is 4.75. The van der Waals surface area contributed by atoms with Gasteiger partial charge in [-0.2, -0.15) is 0 Å². The molecule has 0 aromatic heterocycles. The number of ketones is 1. The van der Waals surface area contributed by atoms with Crippen LogP contribution in [0.15, 0.2) is 0 Å². The summed E-state index contributed by atoms with van der Waals surface area (Å²) in [7, 11) is 1.65. The fourth-order valence-electron chi connectivity index (χ4n) is 2.18. The van der Waals surface area contributed by atoms with Gasteiger partial charge in [0.1, 0.15) is 5.78 Å². The summed E-state index contributed by atoms with van der Waals surface area (Å²) in [6, 6.07) is 0. The number of likely N-dealkylation sites (tertiary alicyclic amines) is 1. The molecule has 5 nitrogen and oxygen atoms in total. The van der Waals surface area contributed by atoms with Gasteiger partial charge in [-0.1, -0.05) is 6.92 Å². The topological polar surface area (TPSA) is 58.6 Å². The van der Waals surface area contributed by atoms with Crippen molar-refractivity contribution in [2.24, 2.45) is 5.92 Å². The van der Waals surface area contributed by atoms with Crippen molar-refractivity contribution in [2.75, 3.05) is 39.9 Å². The molecule has 1 heterocycles. The Morgan fingerprint density at radius 2 is 2.33 bits per heavy atom. The summed E-state index contributed by atoms with van der Waals surface area (Å²) in [4.78, 5) is 25.3. The minimum absolute atomic E-state index is 0.0373. The molecule has 0 saturated carbocycles. The Labute approximate surface area is 109 Å². The molecule has 0 aromatic carbocycles. The Hall–Kier alpha value is -0.940. The van der Waals surface area contributed by atoms with Crippen molar-refractivity contribution in [3.05, 3.63) is 0 Å². The van der Waals surface area contributed by atoms with Gasteiger partial charge in [0, 0.05) is 45.7 Å². The number of amides is 1. The van der Waals surface area contributed by atoms with Crippen molar-refractivity contribution >= 4 is 11.7 Å². The Bertz CT molecular complexity index is 281. The second kappa shape index (κ2) is 8.21. The van der Waals surface area contributed by atoms with Crippen LogP contribution in [0, 0.1) is 5.92 Å². The van der Waals surface area contributed by atoms with E-state index in [2.05, 4.69) is 10.2 Å². The minimum atomic E-state index is 0.0373. The third kappa shape index (κ3) is 5.14. The van der Waals surface area contributed by atoms with Crippen molar-refractivity contribution in [2.45, 2.75) is 26.2 Å². The first-order chi connectivity index (χ1) is 8.67. The van der Waals surface area contributed by atoms with Gasteiger partial charge in [0.25, 0.3) is 0 Å². The molecular formula is C13H24N2O3. The smallest absolute Gasteiger partial charge is 0.234 e. The van der Waals surface area contributed by atoms with E-state index in [1.165, 1.54) is 0 Å². The Kier molecular flexibility index (Phi) is 6.90. The maximum Gasteiger partial charge on any atom is 0.234 e. The number of Topliss-reactive ketones (excluding diaryl/α,β-unsaturated/α-hetero) is 1. The van der Waals surface area contributed by atoms with Gasteiger partial charge in [-0.25, -0.2) is 0 Å². The fourth-order valence-corrected chi connectivity index (χ4v) is 2.18. The number of hydrogen-bond acceptors (Lipinski definition) is 4. The predicted octanol–water partition coefficient (Wildman–Crippen LogP) is 0.440. The first kappa shape index (κ1) is 15.1. The highest BCUT2D eigenvalue weighted by atomic mass is 16.5. The molecule has 0 aliphatic carbocycles. The summed E-state index contributed by atoms with van der Waals surface area (Å²) in [6.45, 7) is 5.17. The average Bonchev–Trinajstić information content (AvgIpc) is 2.37. The van der Waals surface area contributed by atoms with Gasteiger partial charge in [-0.05, 0) is 12.8 Å². The Morgan fingerprint density at radius 1 is 1.56 bits per heavy atom. The number of carbonyl (C=O) groups is 2. The molecule has 1 saturated heterocycles. The maximum atomic E-state index is 11.7. The van der Waals surface area contributed by atoms with Gasteiger partial charge in [-0.15, -0.1) is 0 Å². The molecule has 18 heavy (non-hydrogen) atoms. The molecule has 0 radical (unpaired) electrons. The highest BCUT2D eigenvalue weighted by molar-refractivity contribution is 5.83.